The molecule has 0 fully saturated rings. The van der Waals surface area contributed by atoms with E-state index in [1.54, 1.807) is 18.5 Å². The molecule has 3 aromatic heterocycles. The Labute approximate surface area is 144 Å². The first-order valence-electron chi connectivity index (χ1n) is 7.67. The zero-order valence-corrected chi connectivity index (χ0v) is 13.4. The van der Waals surface area contributed by atoms with Crippen LogP contribution >= 0.6 is 0 Å². The summed E-state index contributed by atoms with van der Waals surface area (Å²) >= 11 is 0. The highest BCUT2D eigenvalue weighted by Gasteiger charge is 2.04. The van der Waals surface area contributed by atoms with E-state index in [2.05, 4.69) is 30.6 Å². The molecule has 0 unspecified atom stereocenters. The molecule has 0 bridgehead atoms. The van der Waals surface area contributed by atoms with Crippen LogP contribution in [0.15, 0.2) is 55.4 Å². The van der Waals surface area contributed by atoms with E-state index >= 15 is 0 Å². The van der Waals surface area contributed by atoms with Crippen molar-refractivity contribution in [3.63, 3.8) is 0 Å². The van der Waals surface area contributed by atoms with Crippen molar-refractivity contribution in [2.24, 2.45) is 0 Å². The largest absolute Gasteiger partial charge is 0.453 e. The van der Waals surface area contributed by atoms with Crippen LogP contribution in [0.2, 0.25) is 0 Å². The number of anilines is 1. The molecule has 0 atom stereocenters. The van der Waals surface area contributed by atoms with Crippen LogP contribution in [0.5, 0.6) is 6.01 Å². The number of rotatable bonds is 8. The molecule has 3 rings (SSSR count). The zero-order chi connectivity index (χ0) is 17.3. The summed E-state index contributed by atoms with van der Waals surface area (Å²) < 4.78 is 7.05. The number of nitrogens with zero attached hydrogens (tertiary/aromatic N) is 5. The predicted molar refractivity (Wildman–Crippen MR) is 90.4 cm³/mol. The second-order valence-electron chi connectivity index (χ2n) is 4.95. The van der Waals surface area contributed by atoms with E-state index in [-0.39, 0.29) is 18.5 Å². The van der Waals surface area contributed by atoms with Gasteiger partial charge in [-0.1, -0.05) is 0 Å². The third-order valence-corrected chi connectivity index (χ3v) is 3.15. The van der Waals surface area contributed by atoms with Crippen molar-refractivity contribution in [3.05, 3.63) is 55.4 Å². The number of carbonyl (C=O) groups is 1. The summed E-state index contributed by atoms with van der Waals surface area (Å²) in [6, 6.07) is 7.53. The summed E-state index contributed by atoms with van der Waals surface area (Å²) in [5, 5.41) is 5.87. The highest BCUT2D eigenvalue weighted by atomic mass is 16.5. The van der Waals surface area contributed by atoms with Gasteiger partial charge in [0.1, 0.15) is 18.0 Å². The van der Waals surface area contributed by atoms with E-state index < -0.39 is 0 Å². The number of aromatic nitrogens is 5. The standard InChI is InChI=1S/C16H17N7O2/c24-15(11-25-16-19-4-3-5-20-16)18-7-6-17-13-10-14(22-12-21-13)23-8-1-2-9-23/h1-5,8-10,12H,6-7,11H2,(H,18,24)(H,17,21,22). The Kier molecular flexibility index (Phi) is 5.49. The van der Waals surface area contributed by atoms with Crippen LogP contribution in [0.3, 0.4) is 0 Å². The van der Waals surface area contributed by atoms with Crippen molar-refractivity contribution in [2.75, 3.05) is 25.0 Å². The number of ether oxygens (including phenoxy) is 1. The van der Waals surface area contributed by atoms with Gasteiger partial charge in [-0.05, 0) is 18.2 Å². The van der Waals surface area contributed by atoms with Crippen molar-refractivity contribution in [1.82, 2.24) is 29.8 Å². The minimum Gasteiger partial charge on any atom is -0.453 e. The van der Waals surface area contributed by atoms with Gasteiger partial charge in [0.15, 0.2) is 6.61 Å². The molecule has 3 heterocycles. The van der Waals surface area contributed by atoms with Gasteiger partial charge in [-0.15, -0.1) is 0 Å². The molecular weight excluding hydrogens is 322 g/mol. The molecule has 25 heavy (non-hydrogen) atoms. The lowest BCUT2D eigenvalue weighted by Gasteiger charge is -2.09. The van der Waals surface area contributed by atoms with E-state index in [4.69, 9.17) is 4.74 Å². The maximum atomic E-state index is 11.7. The molecule has 9 heteroatoms. The van der Waals surface area contributed by atoms with Crippen LogP contribution < -0.4 is 15.4 Å². The van der Waals surface area contributed by atoms with Crippen LogP contribution in [0.4, 0.5) is 5.82 Å². The third-order valence-electron chi connectivity index (χ3n) is 3.15. The van der Waals surface area contributed by atoms with Crippen molar-refractivity contribution in [2.45, 2.75) is 0 Å². The number of hydrogen-bond donors (Lipinski definition) is 2. The summed E-state index contributed by atoms with van der Waals surface area (Å²) in [5.74, 6) is 1.20. The Bertz CT molecular complexity index is 793. The fourth-order valence-corrected chi connectivity index (χ4v) is 2.01. The maximum Gasteiger partial charge on any atom is 0.316 e. The van der Waals surface area contributed by atoms with Crippen LogP contribution in [-0.2, 0) is 4.79 Å². The average Bonchev–Trinajstić information content (AvgIpc) is 3.19. The summed E-state index contributed by atoms with van der Waals surface area (Å²) in [4.78, 5) is 27.8. The highest BCUT2D eigenvalue weighted by Crippen LogP contribution is 2.08. The molecule has 0 radical (unpaired) electrons. The van der Waals surface area contributed by atoms with E-state index in [9.17, 15) is 4.79 Å². The molecule has 1 amide bonds. The van der Waals surface area contributed by atoms with Gasteiger partial charge in [-0.3, -0.25) is 4.79 Å². The smallest absolute Gasteiger partial charge is 0.316 e. The van der Waals surface area contributed by atoms with Gasteiger partial charge in [0.2, 0.25) is 0 Å². The summed E-state index contributed by atoms with van der Waals surface area (Å²) in [5.41, 5.74) is 0. The molecular formula is C16H17N7O2. The normalized spacial score (nSPS) is 10.2. The SMILES string of the molecule is O=C(COc1ncccn1)NCCNc1cc(-n2cccc2)ncn1. The summed E-state index contributed by atoms with van der Waals surface area (Å²) in [6.07, 6.45) is 8.40. The van der Waals surface area contributed by atoms with Crippen LogP contribution in [-0.4, -0.2) is 50.1 Å². The first-order chi connectivity index (χ1) is 12.3. The van der Waals surface area contributed by atoms with Crippen LogP contribution in [0.1, 0.15) is 0 Å². The van der Waals surface area contributed by atoms with Gasteiger partial charge in [-0.2, -0.15) is 0 Å². The fraction of sp³-hybridized carbons (Fsp3) is 0.188. The number of carbonyl (C=O) groups excluding carboxylic acids is 1. The fourth-order valence-electron chi connectivity index (χ4n) is 2.01. The first-order valence-corrected chi connectivity index (χ1v) is 7.67. The van der Waals surface area contributed by atoms with E-state index in [0.717, 1.165) is 5.82 Å². The highest BCUT2D eigenvalue weighted by molar-refractivity contribution is 5.77. The lowest BCUT2D eigenvalue weighted by molar-refractivity contribution is -0.123. The Morgan fingerprint density at radius 2 is 1.84 bits per heavy atom. The Morgan fingerprint density at radius 3 is 2.64 bits per heavy atom. The van der Waals surface area contributed by atoms with Crippen LogP contribution in [0, 0.1) is 0 Å². The summed E-state index contributed by atoms with van der Waals surface area (Å²) in [7, 11) is 0. The predicted octanol–water partition coefficient (Wildman–Crippen LogP) is 0.664. The van der Waals surface area contributed by atoms with E-state index in [0.29, 0.717) is 18.9 Å². The molecule has 0 saturated carbocycles. The molecule has 0 saturated heterocycles. The quantitative estimate of drug-likeness (QED) is 0.581. The van der Waals surface area contributed by atoms with Crippen molar-refractivity contribution in [1.29, 1.82) is 0 Å². The van der Waals surface area contributed by atoms with Crippen LogP contribution in [0.25, 0.3) is 5.82 Å². The number of amides is 1. The second-order valence-corrected chi connectivity index (χ2v) is 4.95. The van der Waals surface area contributed by atoms with Crippen molar-refractivity contribution in [3.8, 4) is 11.8 Å². The second kappa shape index (κ2) is 8.39. The lowest BCUT2D eigenvalue weighted by atomic mass is 10.5. The monoisotopic (exact) mass is 339 g/mol. The first kappa shape index (κ1) is 16.4. The number of hydrogen-bond acceptors (Lipinski definition) is 7. The topological polar surface area (TPSA) is 107 Å². The molecule has 0 aliphatic carbocycles. The molecule has 2 N–H and O–H groups in total. The van der Waals surface area contributed by atoms with Gasteiger partial charge in [-0.25, -0.2) is 19.9 Å². The molecule has 128 valence electrons. The minimum atomic E-state index is -0.245. The minimum absolute atomic E-state index is 0.130. The Hall–Kier alpha value is -3.49. The third kappa shape index (κ3) is 4.99. The van der Waals surface area contributed by atoms with Gasteiger partial charge in [0.25, 0.3) is 5.91 Å². The van der Waals surface area contributed by atoms with Gasteiger partial charge < -0.3 is 19.9 Å². The molecule has 9 nitrogen and oxygen atoms in total. The van der Waals surface area contributed by atoms with Gasteiger partial charge in [0.05, 0.1) is 0 Å². The molecule has 3 aromatic rings. The van der Waals surface area contributed by atoms with E-state index in [1.165, 1.54) is 6.33 Å². The Morgan fingerprint density at radius 1 is 1.04 bits per heavy atom. The molecule has 0 aromatic carbocycles. The lowest BCUT2D eigenvalue weighted by Crippen LogP contribution is -2.33. The molecule has 0 aliphatic heterocycles. The van der Waals surface area contributed by atoms with Gasteiger partial charge >= 0.3 is 6.01 Å². The Balaban J connectivity index is 1.38. The zero-order valence-electron chi connectivity index (χ0n) is 13.4. The van der Waals surface area contributed by atoms with Crippen molar-refractivity contribution >= 4 is 11.7 Å². The van der Waals surface area contributed by atoms with E-state index in [1.807, 2.05) is 35.2 Å². The average molecular weight is 339 g/mol. The molecule has 0 aliphatic rings. The molecule has 0 spiro atoms. The van der Waals surface area contributed by atoms with Gasteiger partial charge in [0, 0.05) is 43.9 Å². The summed E-state index contributed by atoms with van der Waals surface area (Å²) in [6.45, 7) is 0.825. The number of nitrogens with one attached hydrogen (secondary N) is 2. The van der Waals surface area contributed by atoms with Crippen molar-refractivity contribution < 1.29 is 9.53 Å². The maximum absolute atomic E-state index is 11.7.